The summed E-state index contributed by atoms with van der Waals surface area (Å²) in [7, 11) is 1.60. The van der Waals surface area contributed by atoms with Crippen LogP contribution in [0.1, 0.15) is 20.3 Å². The van der Waals surface area contributed by atoms with Crippen LogP contribution in [-0.2, 0) is 9.53 Å². The lowest BCUT2D eigenvalue weighted by Crippen LogP contribution is -2.42. The molecule has 0 aliphatic rings. The van der Waals surface area contributed by atoms with Gasteiger partial charge in [0.05, 0.1) is 25.6 Å². The zero-order valence-corrected chi connectivity index (χ0v) is 10.3. The number of nitrogens with one attached hydrogen (secondary N) is 1. The van der Waals surface area contributed by atoms with E-state index in [0.717, 1.165) is 0 Å². The lowest BCUT2D eigenvalue weighted by molar-refractivity contribution is -0.130. The highest BCUT2D eigenvalue weighted by molar-refractivity contribution is 5.78. The van der Waals surface area contributed by atoms with Gasteiger partial charge < -0.3 is 15.0 Å². The van der Waals surface area contributed by atoms with Gasteiger partial charge >= 0.3 is 0 Å². The van der Waals surface area contributed by atoms with Crippen molar-refractivity contribution in [2.24, 2.45) is 0 Å². The molecule has 5 nitrogen and oxygen atoms in total. The summed E-state index contributed by atoms with van der Waals surface area (Å²) in [5, 5.41) is 11.6. The fourth-order valence-corrected chi connectivity index (χ4v) is 1.15. The predicted octanol–water partition coefficient (Wildman–Crippen LogP) is 0.373. The number of nitrogens with zero attached hydrogens (tertiary/aromatic N) is 2. The normalized spacial score (nSPS) is 10.2. The molecule has 0 unspecified atom stereocenters. The Morgan fingerprint density at radius 3 is 2.69 bits per heavy atom. The first-order valence-corrected chi connectivity index (χ1v) is 5.48. The second kappa shape index (κ2) is 9.13. The van der Waals surface area contributed by atoms with Gasteiger partial charge in [0.1, 0.15) is 0 Å². The standard InChI is InChI=1S/C11H21N3O2/c1-10(2)13-9-11(15)14(6-4-5-12)7-8-16-3/h10,13H,4,6-9H2,1-3H3. The number of carbonyl (C=O) groups excluding carboxylic acids is 1. The third-order valence-corrected chi connectivity index (χ3v) is 2.07. The number of hydrogen-bond acceptors (Lipinski definition) is 4. The summed E-state index contributed by atoms with van der Waals surface area (Å²) < 4.78 is 4.93. The largest absolute Gasteiger partial charge is 0.383 e. The smallest absolute Gasteiger partial charge is 0.236 e. The second-order valence-corrected chi connectivity index (χ2v) is 3.82. The molecule has 0 aromatic heterocycles. The van der Waals surface area contributed by atoms with E-state index in [1.54, 1.807) is 12.0 Å². The molecule has 0 saturated heterocycles. The summed E-state index contributed by atoms with van der Waals surface area (Å²) in [5.41, 5.74) is 0. The van der Waals surface area contributed by atoms with Crippen LogP contribution >= 0.6 is 0 Å². The molecule has 0 bridgehead atoms. The highest BCUT2D eigenvalue weighted by Crippen LogP contribution is 1.93. The zero-order valence-electron chi connectivity index (χ0n) is 10.3. The van der Waals surface area contributed by atoms with Crippen LogP contribution in [0.4, 0.5) is 0 Å². The summed E-state index contributed by atoms with van der Waals surface area (Å²) in [6, 6.07) is 2.32. The van der Waals surface area contributed by atoms with Crippen molar-refractivity contribution in [2.75, 3.05) is 33.4 Å². The van der Waals surface area contributed by atoms with Gasteiger partial charge in [-0.2, -0.15) is 5.26 Å². The third-order valence-electron chi connectivity index (χ3n) is 2.07. The molecule has 0 aliphatic carbocycles. The van der Waals surface area contributed by atoms with Gasteiger partial charge in [-0.3, -0.25) is 4.79 Å². The van der Waals surface area contributed by atoms with Crippen molar-refractivity contribution in [3.05, 3.63) is 0 Å². The molecular weight excluding hydrogens is 206 g/mol. The summed E-state index contributed by atoms with van der Waals surface area (Å²) >= 11 is 0. The van der Waals surface area contributed by atoms with Gasteiger partial charge in [0.25, 0.3) is 0 Å². The molecule has 0 heterocycles. The molecule has 0 aromatic carbocycles. The maximum atomic E-state index is 11.8. The SMILES string of the molecule is COCCN(CCC#N)C(=O)CNC(C)C. The van der Waals surface area contributed by atoms with Gasteiger partial charge in [0, 0.05) is 26.2 Å². The van der Waals surface area contributed by atoms with Crippen molar-refractivity contribution in [3.8, 4) is 6.07 Å². The number of methoxy groups -OCH3 is 1. The van der Waals surface area contributed by atoms with Crippen LogP contribution in [0.15, 0.2) is 0 Å². The highest BCUT2D eigenvalue weighted by Gasteiger charge is 2.12. The Morgan fingerprint density at radius 1 is 1.50 bits per heavy atom. The first-order chi connectivity index (χ1) is 7.61. The van der Waals surface area contributed by atoms with E-state index >= 15 is 0 Å². The van der Waals surface area contributed by atoms with Crippen LogP contribution < -0.4 is 5.32 Å². The lowest BCUT2D eigenvalue weighted by atomic mass is 10.3. The van der Waals surface area contributed by atoms with E-state index in [2.05, 4.69) is 5.32 Å². The summed E-state index contributed by atoms with van der Waals surface area (Å²) in [5.74, 6) is 0.0148. The molecule has 0 atom stereocenters. The highest BCUT2D eigenvalue weighted by atomic mass is 16.5. The van der Waals surface area contributed by atoms with Gasteiger partial charge in [0.15, 0.2) is 0 Å². The molecule has 0 rings (SSSR count). The van der Waals surface area contributed by atoms with Gasteiger partial charge in [-0.15, -0.1) is 0 Å². The summed E-state index contributed by atoms with van der Waals surface area (Å²) in [6.45, 7) is 5.80. The Balaban J connectivity index is 4.04. The minimum Gasteiger partial charge on any atom is -0.383 e. The van der Waals surface area contributed by atoms with Crippen molar-refractivity contribution in [2.45, 2.75) is 26.3 Å². The van der Waals surface area contributed by atoms with Crippen molar-refractivity contribution >= 4 is 5.91 Å². The molecule has 0 saturated carbocycles. The van der Waals surface area contributed by atoms with E-state index in [-0.39, 0.29) is 11.9 Å². The van der Waals surface area contributed by atoms with Crippen LogP contribution in [-0.4, -0.2) is 50.2 Å². The number of rotatable bonds is 8. The molecule has 16 heavy (non-hydrogen) atoms. The number of amides is 1. The Bertz CT molecular complexity index is 236. The van der Waals surface area contributed by atoms with E-state index in [4.69, 9.17) is 10.00 Å². The molecule has 0 aromatic rings. The summed E-state index contributed by atoms with van der Waals surface area (Å²) in [6.07, 6.45) is 0.358. The van der Waals surface area contributed by atoms with Gasteiger partial charge in [-0.05, 0) is 0 Å². The monoisotopic (exact) mass is 227 g/mol. The average molecular weight is 227 g/mol. The van der Waals surface area contributed by atoms with Gasteiger partial charge in [-0.25, -0.2) is 0 Å². The first kappa shape index (κ1) is 14.9. The molecule has 0 spiro atoms. The maximum Gasteiger partial charge on any atom is 0.236 e. The number of nitriles is 1. The van der Waals surface area contributed by atoms with E-state index in [0.29, 0.717) is 32.7 Å². The molecule has 1 amide bonds. The Hall–Kier alpha value is -1.12. The van der Waals surface area contributed by atoms with E-state index in [1.165, 1.54) is 0 Å². The van der Waals surface area contributed by atoms with E-state index < -0.39 is 0 Å². The van der Waals surface area contributed by atoms with Crippen molar-refractivity contribution in [1.82, 2.24) is 10.2 Å². The van der Waals surface area contributed by atoms with Gasteiger partial charge in [-0.1, -0.05) is 13.8 Å². The molecule has 0 fully saturated rings. The van der Waals surface area contributed by atoms with Crippen molar-refractivity contribution < 1.29 is 9.53 Å². The molecule has 0 radical (unpaired) electrons. The first-order valence-electron chi connectivity index (χ1n) is 5.48. The molecule has 1 N–H and O–H groups in total. The van der Waals surface area contributed by atoms with E-state index in [1.807, 2.05) is 19.9 Å². The van der Waals surface area contributed by atoms with Gasteiger partial charge in [0.2, 0.25) is 5.91 Å². The third kappa shape index (κ3) is 7.21. The van der Waals surface area contributed by atoms with E-state index in [9.17, 15) is 4.79 Å². The fourth-order valence-electron chi connectivity index (χ4n) is 1.15. The molecular formula is C11H21N3O2. The van der Waals surface area contributed by atoms with Crippen LogP contribution in [0, 0.1) is 11.3 Å². The Labute approximate surface area is 97.4 Å². The number of carbonyl (C=O) groups is 1. The fraction of sp³-hybridized carbons (Fsp3) is 0.818. The Morgan fingerprint density at radius 2 is 2.19 bits per heavy atom. The van der Waals surface area contributed by atoms with Crippen LogP contribution in [0.3, 0.4) is 0 Å². The van der Waals surface area contributed by atoms with Crippen molar-refractivity contribution in [3.63, 3.8) is 0 Å². The van der Waals surface area contributed by atoms with Crippen LogP contribution in [0.2, 0.25) is 0 Å². The minimum atomic E-state index is 0.0148. The number of ether oxygens (including phenoxy) is 1. The predicted molar refractivity (Wildman–Crippen MR) is 61.8 cm³/mol. The maximum absolute atomic E-state index is 11.8. The lowest BCUT2D eigenvalue weighted by Gasteiger charge is -2.22. The average Bonchev–Trinajstić information content (AvgIpc) is 2.26. The minimum absolute atomic E-state index is 0.0148. The molecule has 5 heteroatoms. The number of hydrogen-bond donors (Lipinski definition) is 1. The summed E-state index contributed by atoms with van der Waals surface area (Å²) in [4.78, 5) is 13.4. The van der Waals surface area contributed by atoms with Crippen molar-refractivity contribution in [1.29, 1.82) is 5.26 Å². The van der Waals surface area contributed by atoms with Crippen LogP contribution in [0.5, 0.6) is 0 Å². The zero-order chi connectivity index (χ0) is 12.4. The molecule has 92 valence electrons. The topological polar surface area (TPSA) is 65.4 Å². The molecule has 0 aliphatic heterocycles. The quantitative estimate of drug-likeness (QED) is 0.651. The Kier molecular flexibility index (Phi) is 8.49. The second-order valence-electron chi connectivity index (χ2n) is 3.82. The van der Waals surface area contributed by atoms with Crippen LogP contribution in [0.25, 0.3) is 0 Å².